The normalized spacial score (nSPS) is 20.6. The Morgan fingerprint density at radius 3 is 2.50 bits per heavy atom. The molecule has 1 aliphatic rings. The molecule has 1 saturated heterocycles. The number of hydrogen-bond acceptors (Lipinski definition) is 5. The Hall–Kier alpha value is -1.63. The second kappa shape index (κ2) is 6.21. The third-order valence-corrected chi connectivity index (χ3v) is 2.99. The van der Waals surface area contributed by atoms with Gasteiger partial charge in [-0.1, -0.05) is 0 Å². The van der Waals surface area contributed by atoms with Gasteiger partial charge in [0, 0.05) is 6.54 Å². The molecule has 0 aliphatic carbocycles. The van der Waals surface area contributed by atoms with Gasteiger partial charge in [-0.2, -0.15) is 0 Å². The summed E-state index contributed by atoms with van der Waals surface area (Å²) < 4.78 is 5.12. The van der Waals surface area contributed by atoms with Crippen LogP contribution in [0.2, 0.25) is 0 Å². The number of esters is 1. The zero-order valence-electron chi connectivity index (χ0n) is 12.2. The number of carboxylic acid groups (broad SMARTS) is 1. The molecule has 7 nitrogen and oxygen atoms in total. The first-order valence-corrected chi connectivity index (χ1v) is 6.68. The minimum Gasteiger partial charge on any atom is -0.548 e. The van der Waals surface area contributed by atoms with Gasteiger partial charge in [0.1, 0.15) is 12.0 Å². The van der Waals surface area contributed by atoms with Crippen LogP contribution >= 0.6 is 0 Å². The monoisotopic (exact) mass is 286 g/mol. The van der Waals surface area contributed by atoms with Gasteiger partial charge >= 0.3 is 5.97 Å². The molecule has 0 aromatic carbocycles. The summed E-state index contributed by atoms with van der Waals surface area (Å²) in [5.41, 5.74) is 3.02. The van der Waals surface area contributed by atoms with Crippen molar-refractivity contribution in [3.05, 3.63) is 0 Å². The standard InChI is InChI=1S/C13H22N2O5/c1-13(2,3)20-10(16)7-8(14)11(17)15-6-4-5-9(15)12(18)19/h8-9H,4-7,14H2,1-3H3,(H,18,19)/t8-,9-/m0/s1. The molecule has 0 saturated carbocycles. The number of likely N-dealkylation sites (tertiary alicyclic amines) is 1. The summed E-state index contributed by atoms with van der Waals surface area (Å²) in [6.45, 7) is 5.56. The van der Waals surface area contributed by atoms with Crippen LogP contribution in [0.4, 0.5) is 0 Å². The fraction of sp³-hybridized carbons (Fsp3) is 0.769. The lowest BCUT2D eigenvalue weighted by atomic mass is 10.1. The van der Waals surface area contributed by atoms with Crippen LogP contribution in [0.25, 0.3) is 0 Å². The molecule has 20 heavy (non-hydrogen) atoms. The summed E-state index contributed by atoms with van der Waals surface area (Å²) in [5, 5.41) is 10.9. The van der Waals surface area contributed by atoms with E-state index in [-0.39, 0.29) is 6.42 Å². The van der Waals surface area contributed by atoms with Crippen LogP contribution in [0.5, 0.6) is 0 Å². The first kappa shape index (κ1) is 16.4. The van der Waals surface area contributed by atoms with Crippen molar-refractivity contribution in [2.75, 3.05) is 6.54 Å². The lowest BCUT2D eigenvalue weighted by Gasteiger charge is -2.27. The van der Waals surface area contributed by atoms with Crippen molar-refractivity contribution in [1.29, 1.82) is 0 Å². The minimum absolute atomic E-state index is 0.160. The third-order valence-electron chi connectivity index (χ3n) is 2.99. The summed E-state index contributed by atoms with van der Waals surface area (Å²) in [5.74, 6) is -2.22. The van der Waals surface area contributed by atoms with Crippen molar-refractivity contribution in [3.63, 3.8) is 0 Å². The molecule has 0 spiro atoms. The second-order valence-corrected chi connectivity index (χ2v) is 6.00. The molecule has 0 bridgehead atoms. The van der Waals surface area contributed by atoms with Crippen molar-refractivity contribution < 1.29 is 30.0 Å². The lowest BCUT2D eigenvalue weighted by molar-refractivity contribution is -0.405. The van der Waals surface area contributed by atoms with Crippen molar-refractivity contribution in [2.24, 2.45) is 0 Å². The Balaban J connectivity index is 2.59. The number of carboxylic acids is 1. The maximum atomic E-state index is 12.1. The van der Waals surface area contributed by atoms with E-state index in [4.69, 9.17) is 4.74 Å². The molecule has 1 aliphatic heterocycles. The highest BCUT2D eigenvalue weighted by Crippen LogP contribution is 2.18. The van der Waals surface area contributed by atoms with Gasteiger partial charge < -0.3 is 25.3 Å². The molecule has 2 atom stereocenters. The van der Waals surface area contributed by atoms with Gasteiger partial charge in [-0.15, -0.1) is 0 Å². The van der Waals surface area contributed by atoms with Crippen LogP contribution in [-0.2, 0) is 19.1 Å². The molecule has 7 heteroatoms. The fourth-order valence-corrected chi connectivity index (χ4v) is 2.18. The number of carbonyl (C=O) groups excluding carboxylic acids is 3. The number of quaternary nitrogens is 1. The summed E-state index contributed by atoms with van der Waals surface area (Å²) in [6, 6.07) is -1.75. The SMILES string of the molecule is CC(C)(C)OC(=O)C[C@H]([NH3+])C(=O)N1CCC[C@H]1C(=O)[O-]. The van der Waals surface area contributed by atoms with E-state index < -0.39 is 35.5 Å². The minimum atomic E-state index is -1.26. The van der Waals surface area contributed by atoms with Crippen LogP contribution < -0.4 is 10.8 Å². The van der Waals surface area contributed by atoms with Crippen LogP contribution in [0.1, 0.15) is 40.0 Å². The molecule has 1 rings (SSSR count). The van der Waals surface area contributed by atoms with Gasteiger partial charge in [0.2, 0.25) is 0 Å². The molecule has 0 aromatic rings. The Morgan fingerprint density at radius 2 is 2.00 bits per heavy atom. The number of ether oxygens (including phenoxy) is 1. The maximum absolute atomic E-state index is 12.1. The van der Waals surface area contributed by atoms with Crippen molar-refractivity contribution in [3.8, 4) is 0 Å². The smallest absolute Gasteiger partial charge is 0.312 e. The van der Waals surface area contributed by atoms with Crippen LogP contribution in [0, 0.1) is 0 Å². The van der Waals surface area contributed by atoms with Gasteiger partial charge in [0.25, 0.3) is 5.91 Å². The zero-order valence-corrected chi connectivity index (χ0v) is 12.2. The third kappa shape index (κ3) is 4.48. The van der Waals surface area contributed by atoms with Crippen LogP contribution in [0.3, 0.4) is 0 Å². The molecular weight excluding hydrogens is 264 g/mol. The van der Waals surface area contributed by atoms with Gasteiger partial charge in [0.15, 0.2) is 6.04 Å². The number of aliphatic carboxylic acids is 1. The molecule has 0 unspecified atom stereocenters. The summed E-state index contributed by atoms with van der Waals surface area (Å²) in [4.78, 5) is 35.9. The number of carbonyl (C=O) groups is 3. The van der Waals surface area contributed by atoms with E-state index in [1.807, 2.05) is 0 Å². The Labute approximate surface area is 118 Å². The van der Waals surface area contributed by atoms with Crippen molar-refractivity contribution in [1.82, 2.24) is 4.90 Å². The Morgan fingerprint density at radius 1 is 1.40 bits per heavy atom. The second-order valence-electron chi connectivity index (χ2n) is 6.00. The maximum Gasteiger partial charge on any atom is 0.312 e. The van der Waals surface area contributed by atoms with Gasteiger partial charge in [0.05, 0.1) is 12.0 Å². The molecule has 1 fully saturated rings. The van der Waals surface area contributed by atoms with Crippen LogP contribution in [-0.4, -0.2) is 47.0 Å². The van der Waals surface area contributed by atoms with Gasteiger partial charge in [-0.3, -0.25) is 9.59 Å². The highest BCUT2D eigenvalue weighted by molar-refractivity contribution is 5.88. The largest absolute Gasteiger partial charge is 0.548 e. The number of rotatable bonds is 4. The summed E-state index contributed by atoms with van der Waals surface area (Å²) >= 11 is 0. The molecular formula is C13H22N2O5. The van der Waals surface area contributed by atoms with Gasteiger partial charge in [-0.05, 0) is 33.6 Å². The number of nitrogens with zero attached hydrogens (tertiary/aromatic N) is 1. The van der Waals surface area contributed by atoms with E-state index in [2.05, 4.69) is 5.73 Å². The molecule has 0 aromatic heterocycles. The predicted molar refractivity (Wildman–Crippen MR) is 66.9 cm³/mol. The Bertz CT molecular complexity index is 402. The van der Waals surface area contributed by atoms with Gasteiger partial charge in [-0.25, -0.2) is 0 Å². The quantitative estimate of drug-likeness (QED) is 0.604. The van der Waals surface area contributed by atoms with E-state index in [1.54, 1.807) is 20.8 Å². The number of hydrogen-bond donors (Lipinski definition) is 1. The van der Waals surface area contributed by atoms with E-state index in [9.17, 15) is 19.5 Å². The first-order valence-electron chi connectivity index (χ1n) is 6.68. The molecule has 114 valence electrons. The number of amides is 1. The average molecular weight is 286 g/mol. The lowest BCUT2D eigenvalue weighted by Crippen LogP contribution is -2.69. The first-order chi connectivity index (χ1) is 9.11. The molecule has 1 heterocycles. The topological polar surface area (TPSA) is 114 Å². The van der Waals surface area contributed by atoms with E-state index >= 15 is 0 Å². The van der Waals surface area contributed by atoms with E-state index in [0.29, 0.717) is 19.4 Å². The highest BCUT2D eigenvalue weighted by Gasteiger charge is 2.35. The highest BCUT2D eigenvalue weighted by atomic mass is 16.6. The van der Waals surface area contributed by atoms with E-state index in [0.717, 1.165) is 0 Å². The predicted octanol–water partition coefficient (Wildman–Crippen LogP) is -1.93. The Kier molecular flexibility index (Phi) is 5.10. The van der Waals surface area contributed by atoms with E-state index in [1.165, 1.54) is 4.90 Å². The van der Waals surface area contributed by atoms with Crippen molar-refractivity contribution >= 4 is 17.8 Å². The molecule has 0 radical (unpaired) electrons. The molecule has 1 amide bonds. The van der Waals surface area contributed by atoms with Crippen molar-refractivity contribution in [2.45, 2.75) is 57.7 Å². The molecule has 3 N–H and O–H groups in total. The zero-order chi connectivity index (χ0) is 15.5. The fourth-order valence-electron chi connectivity index (χ4n) is 2.18. The average Bonchev–Trinajstić information content (AvgIpc) is 2.73. The summed E-state index contributed by atoms with van der Waals surface area (Å²) in [6.07, 6.45) is 0.836. The van der Waals surface area contributed by atoms with Crippen LogP contribution in [0.15, 0.2) is 0 Å². The summed E-state index contributed by atoms with van der Waals surface area (Å²) in [7, 11) is 0.